The summed E-state index contributed by atoms with van der Waals surface area (Å²) in [5.74, 6) is -0.972. The van der Waals surface area contributed by atoms with Crippen LogP contribution < -0.4 is 0 Å². The van der Waals surface area contributed by atoms with Crippen LogP contribution in [-0.2, 0) is 0 Å². The van der Waals surface area contributed by atoms with E-state index in [1.54, 1.807) is 31.2 Å². The molecule has 0 aliphatic carbocycles. The van der Waals surface area contributed by atoms with Gasteiger partial charge in [0.25, 0.3) is 5.71 Å². The number of hydrogen-bond donors (Lipinski definition) is 1. The van der Waals surface area contributed by atoms with E-state index in [2.05, 4.69) is 15.1 Å². The van der Waals surface area contributed by atoms with Crippen molar-refractivity contribution in [3.8, 4) is 0 Å². The van der Waals surface area contributed by atoms with Gasteiger partial charge in [0.2, 0.25) is 0 Å². The Morgan fingerprint density at radius 2 is 2.10 bits per heavy atom. The van der Waals surface area contributed by atoms with Gasteiger partial charge in [-0.25, -0.2) is 9.78 Å². The molecule has 100 valence electrons. The molecule has 0 aliphatic heterocycles. The van der Waals surface area contributed by atoms with Crippen molar-refractivity contribution in [2.24, 2.45) is 0 Å². The first-order valence-electron chi connectivity index (χ1n) is 5.74. The molecular formula is C13H9N3O3S. The van der Waals surface area contributed by atoms with E-state index in [0.29, 0.717) is 26.7 Å². The average molecular weight is 287 g/mol. The lowest BCUT2D eigenvalue weighted by atomic mass is 10.2. The third-order valence-electron chi connectivity index (χ3n) is 2.73. The molecule has 0 radical (unpaired) electrons. The van der Waals surface area contributed by atoms with Crippen LogP contribution in [0.5, 0.6) is 0 Å². The number of aryl methyl sites for hydroxylation is 1. The predicted molar refractivity (Wildman–Crippen MR) is 71.9 cm³/mol. The van der Waals surface area contributed by atoms with Crippen molar-refractivity contribution in [1.29, 1.82) is 0 Å². The van der Waals surface area contributed by atoms with E-state index >= 15 is 0 Å². The van der Waals surface area contributed by atoms with Gasteiger partial charge >= 0.3 is 5.97 Å². The van der Waals surface area contributed by atoms with Crippen LogP contribution in [0, 0.1) is 6.92 Å². The van der Waals surface area contributed by atoms with Crippen molar-refractivity contribution in [3.05, 3.63) is 41.9 Å². The Balaban J connectivity index is 2.10. The monoisotopic (exact) mass is 287 g/mol. The molecule has 7 heteroatoms. The van der Waals surface area contributed by atoms with Crippen molar-refractivity contribution in [1.82, 2.24) is 15.1 Å². The molecule has 3 rings (SSSR count). The van der Waals surface area contributed by atoms with Gasteiger partial charge in [0.05, 0.1) is 16.6 Å². The molecule has 1 N–H and O–H groups in total. The van der Waals surface area contributed by atoms with Crippen LogP contribution in [0.2, 0.25) is 0 Å². The zero-order valence-corrected chi connectivity index (χ0v) is 11.2. The van der Waals surface area contributed by atoms with Crippen LogP contribution >= 0.6 is 11.8 Å². The third kappa shape index (κ3) is 2.12. The first-order valence-corrected chi connectivity index (χ1v) is 6.55. The highest BCUT2D eigenvalue weighted by molar-refractivity contribution is 7.99. The summed E-state index contributed by atoms with van der Waals surface area (Å²) in [4.78, 5) is 20.0. The molecule has 6 nitrogen and oxygen atoms in total. The normalized spacial score (nSPS) is 10.8. The van der Waals surface area contributed by atoms with E-state index in [9.17, 15) is 9.90 Å². The van der Waals surface area contributed by atoms with Crippen LogP contribution in [0.3, 0.4) is 0 Å². The minimum absolute atomic E-state index is 0.235. The van der Waals surface area contributed by atoms with Crippen molar-refractivity contribution in [2.75, 3.05) is 0 Å². The van der Waals surface area contributed by atoms with E-state index < -0.39 is 5.97 Å². The Hall–Kier alpha value is -2.41. The first kappa shape index (κ1) is 12.6. The highest BCUT2D eigenvalue weighted by Gasteiger charge is 2.16. The predicted octanol–water partition coefficient (Wildman–Crippen LogP) is 2.78. The molecule has 0 amide bonds. The van der Waals surface area contributed by atoms with Gasteiger partial charge in [-0.3, -0.25) is 0 Å². The summed E-state index contributed by atoms with van der Waals surface area (Å²) in [6.45, 7) is 1.79. The highest BCUT2D eigenvalue weighted by atomic mass is 32.2. The van der Waals surface area contributed by atoms with Gasteiger partial charge in [-0.2, -0.15) is 4.98 Å². The molecule has 0 saturated heterocycles. The lowest BCUT2D eigenvalue weighted by Gasteiger charge is -2.05. The molecule has 0 saturated carbocycles. The summed E-state index contributed by atoms with van der Waals surface area (Å²) in [6, 6.07) is 6.77. The zero-order valence-electron chi connectivity index (χ0n) is 10.4. The first-order chi connectivity index (χ1) is 9.66. The number of aromatic carboxylic acids is 1. The molecular weight excluding hydrogens is 278 g/mol. The Bertz CT molecular complexity index is 800. The maximum absolute atomic E-state index is 11.2. The van der Waals surface area contributed by atoms with E-state index in [1.165, 1.54) is 18.1 Å². The number of nitrogens with zero attached hydrogens (tertiary/aromatic N) is 3. The summed E-state index contributed by atoms with van der Waals surface area (Å²) in [6.07, 6.45) is 1.37. The molecule has 0 bridgehead atoms. The van der Waals surface area contributed by atoms with Gasteiger partial charge in [0.1, 0.15) is 11.4 Å². The minimum Gasteiger partial charge on any atom is -0.478 e. The van der Waals surface area contributed by atoms with Crippen LogP contribution in [0.25, 0.3) is 11.1 Å². The molecule has 0 fully saturated rings. The fourth-order valence-corrected chi connectivity index (χ4v) is 2.86. The SMILES string of the molecule is Cc1noc2ncnc(Sc3ccccc3C(=O)O)c12. The lowest BCUT2D eigenvalue weighted by molar-refractivity contribution is 0.0693. The van der Waals surface area contributed by atoms with Crippen LogP contribution in [0.15, 0.2) is 45.0 Å². The van der Waals surface area contributed by atoms with Crippen molar-refractivity contribution in [3.63, 3.8) is 0 Å². The number of carbonyl (C=O) groups is 1. The molecule has 1 aromatic carbocycles. The number of benzene rings is 1. The topological polar surface area (TPSA) is 89.1 Å². The van der Waals surface area contributed by atoms with Gasteiger partial charge in [-0.05, 0) is 19.1 Å². The average Bonchev–Trinajstić information content (AvgIpc) is 2.82. The second-order valence-electron chi connectivity index (χ2n) is 4.03. The fourth-order valence-electron chi connectivity index (χ4n) is 1.80. The summed E-state index contributed by atoms with van der Waals surface area (Å²) >= 11 is 1.26. The molecule has 2 aromatic heterocycles. The molecule has 0 atom stereocenters. The number of carboxylic acids is 1. The van der Waals surface area contributed by atoms with Gasteiger partial charge in [-0.1, -0.05) is 29.1 Å². The van der Waals surface area contributed by atoms with Crippen LogP contribution in [0.1, 0.15) is 16.1 Å². The van der Waals surface area contributed by atoms with Gasteiger partial charge in [0.15, 0.2) is 0 Å². The third-order valence-corrected chi connectivity index (χ3v) is 3.81. The van der Waals surface area contributed by atoms with Crippen LogP contribution in [0.4, 0.5) is 0 Å². The number of fused-ring (bicyclic) bond motifs is 1. The maximum atomic E-state index is 11.2. The van der Waals surface area contributed by atoms with E-state index in [1.807, 2.05) is 0 Å². The number of aromatic nitrogens is 3. The quantitative estimate of drug-likeness (QED) is 0.741. The second kappa shape index (κ2) is 4.93. The van der Waals surface area contributed by atoms with Crippen molar-refractivity contribution < 1.29 is 14.4 Å². The number of carboxylic acid groups (broad SMARTS) is 1. The van der Waals surface area contributed by atoms with Crippen molar-refractivity contribution >= 4 is 28.8 Å². The zero-order chi connectivity index (χ0) is 14.1. The summed E-state index contributed by atoms with van der Waals surface area (Å²) in [5.41, 5.74) is 1.31. The molecule has 2 heterocycles. The highest BCUT2D eigenvalue weighted by Crippen LogP contribution is 2.34. The van der Waals surface area contributed by atoms with Crippen molar-refractivity contribution in [2.45, 2.75) is 16.8 Å². The van der Waals surface area contributed by atoms with E-state index in [4.69, 9.17) is 4.52 Å². The Labute approximate surface area is 117 Å². The number of hydrogen-bond acceptors (Lipinski definition) is 6. The number of rotatable bonds is 3. The van der Waals surface area contributed by atoms with E-state index in [-0.39, 0.29) is 5.56 Å². The standard InChI is InChI=1S/C13H9N3O3S/c1-7-10-11(19-16-7)14-6-15-12(10)20-9-5-3-2-4-8(9)13(17)18/h2-6H,1H3,(H,17,18). The Morgan fingerprint density at radius 3 is 2.90 bits per heavy atom. The maximum Gasteiger partial charge on any atom is 0.336 e. The summed E-state index contributed by atoms with van der Waals surface area (Å²) < 4.78 is 5.07. The second-order valence-corrected chi connectivity index (χ2v) is 5.06. The summed E-state index contributed by atoms with van der Waals surface area (Å²) in [5, 5.41) is 14.4. The Kier molecular flexibility index (Phi) is 3.11. The van der Waals surface area contributed by atoms with E-state index in [0.717, 1.165) is 0 Å². The molecule has 20 heavy (non-hydrogen) atoms. The van der Waals surface area contributed by atoms with Gasteiger partial charge in [-0.15, -0.1) is 0 Å². The molecule has 0 aliphatic rings. The summed E-state index contributed by atoms with van der Waals surface area (Å²) in [7, 11) is 0. The largest absolute Gasteiger partial charge is 0.478 e. The Morgan fingerprint density at radius 1 is 1.30 bits per heavy atom. The fraction of sp³-hybridized carbons (Fsp3) is 0.0769. The molecule has 0 unspecified atom stereocenters. The smallest absolute Gasteiger partial charge is 0.336 e. The lowest BCUT2D eigenvalue weighted by Crippen LogP contribution is -1.98. The van der Waals surface area contributed by atoms with Crippen LogP contribution in [-0.4, -0.2) is 26.2 Å². The van der Waals surface area contributed by atoms with Gasteiger partial charge < -0.3 is 9.63 Å². The minimum atomic E-state index is -0.972. The van der Waals surface area contributed by atoms with Gasteiger partial charge in [0, 0.05) is 4.90 Å². The molecule has 0 spiro atoms. The molecule has 3 aromatic rings.